The van der Waals surface area contributed by atoms with Crippen molar-refractivity contribution in [3.8, 4) is 0 Å². The lowest BCUT2D eigenvalue weighted by Crippen LogP contribution is -2.35. The van der Waals surface area contributed by atoms with Crippen molar-refractivity contribution in [1.29, 1.82) is 0 Å². The molecule has 27 heavy (non-hydrogen) atoms. The van der Waals surface area contributed by atoms with Gasteiger partial charge in [0.25, 0.3) is 5.91 Å². The van der Waals surface area contributed by atoms with E-state index in [-0.39, 0.29) is 11.9 Å². The smallest absolute Gasteiger partial charge is 0.255 e. The molecule has 0 saturated heterocycles. The van der Waals surface area contributed by atoms with Gasteiger partial charge in [-0.25, -0.2) is 9.67 Å². The number of pyridine rings is 1. The van der Waals surface area contributed by atoms with Gasteiger partial charge in [-0.2, -0.15) is 5.10 Å². The first kappa shape index (κ1) is 16.1. The molecule has 5 rings (SSSR count). The highest BCUT2D eigenvalue weighted by atomic mass is 16.2. The number of amides is 1. The van der Waals surface area contributed by atoms with E-state index in [1.54, 1.807) is 12.4 Å². The Morgan fingerprint density at radius 1 is 1.22 bits per heavy atom. The Labute approximate surface area is 156 Å². The van der Waals surface area contributed by atoms with Crippen LogP contribution in [0.4, 0.5) is 0 Å². The van der Waals surface area contributed by atoms with Gasteiger partial charge in [0.2, 0.25) is 0 Å². The van der Waals surface area contributed by atoms with Crippen molar-refractivity contribution in [1.82, 2.24) is 24.6 Å². The van der Waals surface area contributed by atoms with Gasteiger partial charge in [-0.05, 0) is 26.0 Å². The van der Waals surface area contributed by atoms with Gasteiger partial charge in [0.15, 0.2) is 5.65 Å². The number of aromatic nitrogens is 4. The van der Waals surface area contributed by atoms with Crippen LogP contribution in [0.2, 0.25) is 0 Å². The van der Waals surface area contributed by atoms with Gasteiger partial charge in [-0.1, -0.05) is 18.2 Å². The zero-order chi connectivity index (χ0) is 18.5. The predicted molar refractivity (Wildman–Crippen MR) is 105 cm³/mol. The summed E-state index contributed by atoms with van der Waals surface area (Å²) >= 11 is 0. The number of nitrogens with zero attached hydrogens (tertiary/aromatic N) is 4. The summed E-state index contributed by atoms with van der Waals surface area (Å²) in [6.07, 6.45) is 4.31. The number of carbonyl (C=O) groups is 1. The largest absolute Gasteiger partial charge is 0.358 e. The fourth-order valence-electron chi connectivity index (χ4n) is 3.96. The third kappa shape index (κ3) is 2.51. The first-order valence-corrected chi connectivity index (χ1v) is 9.33. The molecular weight excluding hydrogens is 338 g/mol. The van der Waals surface area contributed by atoms with E-state index >= 15 is 0 Å². The van der Waals surface area contributed by atoms with Crippen LogP contribution in [0.25, 0.3) is 21.9 Å². The Kier molecular flexibility index (Phi) is 3.53. The fraction of sp³-hybridized carbons (Fsp3) is 0.286. The summed E-state index contributed by atoms with van der Waals surface area (Å²) in [5.41, 5.74) is 5.05. The molecule has 0 fully saturated rings. The van der Waals surface area contributed by atoms with Crippen molar-refractivity contribution in [3.05, 3.63) is 59.5 Å². The molecule has 136 valence electrons. The molecule has 1 aliphatic heterocycles. The number of benzene rings is 1. The second-order valence-electron chi connectivity index (χ2n) is 7.42. The van der Waals surface area contributed by atoms with Gasteiger partial charge in [-0.3, -0.25) is 4.79 Å². The van der Waals surface area contributed by atoms with E-state index in [9.17, 15) is 4.79 Å². The molecule has 0 radical (unpaired) electrons. The molecule has 3 aromatic heterocycles. The molecule has 0 aliphatic carbocycles. The van der Waals surface area contributed by atoms with Crippen LogP contribution in [-0.2, 0) is 13.0 Å². The first-order chi connectivity index (χ1) is 13.1. The Morgan fingerprint density at radius 2 is 2.07 bits per heavy atom. The Balaban J connectivity index is 1.47. The number of H-pyrrole nitrogens is 1. The summed E-state index contributed by atoms with van der Waals surface area (Å²) in [6, 6.07) is 10.4. The number of rotatable bonds is 2. The van der Waals surface area contributed by atoms with Gasteiger partial charge in [0.05, 0.1) is 11.8 Å². The van der Waals surface area contributed by atoms with E-state index < -0.39 is 0 Å². The summed E-state index contributed by atoms with van der Waals surface area (Å²) in [7, 11) is 0. The van der Waals surface area contributed by atoms with Gasteiger partial charge in [0.1, 0.15) is 0 Å². The van der Waals surface area contributed by atoms with Crippen molar-refractivity contribution in [2.24, 2.45) is 0 Å². The number of nitrogens with one attached hydrogen (secondary N) is 1. The lowest BCUT2D eigenvalue weighted by Gasteiger charge is -2.27. The molecule has 4 aromatic rings. The quantitative estimate of drug-likeness (QED) is 0.593. The van der Waals surface area contributed by atoms with Crippen molar-refractivity contribution < 1.29 is 4.79 Å². The Bertz CT molecular complexity index is 1170. The maximum Gasteiger partial charge on any atom is 0.255 e. The summed E-state index contributed by atoms with van der Waals surface area (Å²) in [6.45, 7) is 5.48. The number of aromatic amines is 1. The number of hydrogen-bond donors (Lipinski definition) is 1. The second-order valence-corrected chi connectivity index (χ2v) is 7.42. The molecule has 0 spiro atoms. The minimum Gasteiger partial charge on any atom is -0.358 e. The molecule has 1 amide bonds. The van der Waals surface area contributed by atoms with Gasteiger partial charge >= 0.3 is 0 Å². The minimum absolute atomic E-state index is 0.0256. The van der Waals surface area contributed by atoms with Crippen LogP contribution in [0.1, 0.15) is 41.5 Å². The molecule has 1 N–H and O–H groups in total. The second kappa shape index (κ2) is 5.94. The molecule has 0 atom stereocenters. The van der Waals surface area contributed by atoms with E-state index in [1.165, 1.54) is 16.6 Å². The van der Waals surface area contributed by atoms with E-state index in [0.29, 0.717) is 18.7 Å². The van der Waals surface area contributed by atoms with Crippen molar-refractivity contribution >= 4 is 27.8 Å². The van der Waals surface area contributed by atoms with E-state index in [4.69, 9.17) is 0 Å². The summed E-state index contributed by atoms with van der Waals surface area (Å²) in [5.74, 6) is 0.0256. The van der Waals surface area contributed by atoms with Gasteiger partial charge in [-0.15, -0.1) is 0 Å². The highest BCUT2D eigenvalue weighted by molar-refractivity contribution is 5.97. The van der Waals surface area contributed by atoms with E-state index in [1.807, 2.05) is 27.8 Å². The predicted octanol–water partition coefficient (Wildman–Crippen LogP) is 3.69. The molecular formula is C21H21N5O. The SMILES string of the molecule is CC(C)n1ncc2cc(C(=O)N3CCc4[nH]c5ccccc5c4C3)cnc21. The van der Waals surface area contributed by atoms with Gasteiger partial charge in [0, 0.05) is 59.3 Å². The molecule has 1 aromatic carbocycles. The molecule has 0 bridgehead atoms. The van der Waals surface area contributed by atoms with Crippen LogP contribution < -0.4 is 0 Å². The van der Waals surface area contributed by atoms with Crippen LogP contribution in [0.5, 0.6) is 0 Å². The van der Waals surface area contributed by atoms with E-state index in [2.05, 4.69) is 41.0 Å². The first-order valence-electron chi connectivity index (χ1n) is 9.33. The lowest BCUT2D eigenvalue weighted by atomic mass is 10.0. The van der Waals surface area contributed by atoms with Crippen LogP contribution in [0.3, 0.4) is 0 Å². The third-order valence-corrected chi connectivity index (χ3v) is 5.34. The zero-order valence-electron chi connectivity index (χ0n) is 15.4. The maximum absolute atomic E-state index is 13.1. The normalized spacial score (nSPS) is 14.3. The molecule has 6 heteroatoms. The minimum atomic E-state index is 0.0256. The average molecular weight is 359 g/mol. The highest BCUT2D eigenvalue weighted by Crippen LogP contribution is 2.28. The summed E-state index contributed by atoms with van der Waals surface area (Å²) < 4.78 is 1.88. The van der Waals surface area contributed by atoms with Crippen LogP contribution in [0, 0.1) is 0 Å². The summed E-state index contributed by atoms with van der Waals surface area (Å²) in [5, 5.41) is 6.50. The number of para-hydroxylation sites is 1. The summed E-state index contributed by atoms with van der Waals surface area (Å²) in [4.78, 5) is 23.0. The topological polar surface area (TPSA) is 66.8 Å². The van der Waals surface area contributed by atoms with Gasteiger partial charge < -0.3 is 9.88 Å². The monoisotopic (exact) mass is 359 g/mol. The molecule has 1 aliphatic rings. The average Bonchev–Trinajstić information content (AvgIpc) is 3.27. The zero-order valence-corrected chi connectivity index (χ0v) is 15.4. The molecule has 6 nitrogen and oxygen atoms in total. The molecule has 4 heterocycles. The lowest BCUT2D eigenvalue weighted by molar-refractivity contribution is 0.0735. The maximum atomic E-state index is 13.1. The fourth-order valence-corrected chi connectivity index (χ4v) is 3.96. The Hall–Kier alpha value is -3.15. The standard InChI is InChI=1S/C21H21N5O/c1-13(2)26-20-14(11-23-26)9-15(10-22-20)21(27)25-8-7-19-17(12-25)16-5-3-4-6-18(16)24-19/h3-6,9-11,13,24H,7-8,12H2,1-2H3. The number of fused-ring (bicyclic) bond motifs is 4. The van der Waals surface area contributed by atoms with Crippen LogP contribution >= 0.6 is 0 Å². The van der Waals surface area contributed by atoms with Crippen LogP contribution in [-0.4, -0.2) is 37.1 Å². The van der Waals surface area contributed by atoms with Crippen molar-refractivity contribution in [2.75, 3.05) is 6.54 Å². The number of hydrogen-bond acceptors (Lipinski definition) is 3. The Morgan fingerprint density at radius 3 is 2.93 bits per heavy atom. The number of carbonyl (C=O) groups excluding carboxylic acids is 1. The van der Waals surface area contributed by atoms with Crippen molar-refractivity contribution in [2.45, 2.75) is 32.9 Å². The third-order valence-electron chi connectivity index (χ3n) is 5.34. The van der Waals surface area contributed by atoms with Crippen LogP contribution in [0.15, 0.2) is 42.7 Å². The van der Waals surface area contributed by atoms with E-state index in [0.717, 1.165) is 23.0 Å². The molecule has 0 saturated carbocycles. The van der Waals surface area contributed by atoms with Crippen molar-refractivity contribution in [3.63, 3.8) is 0 Å². The molecule has 0 unspecified atom stereocenters. The highest BCUT2D eigenvalue weighted by Gasteiger charge is 2.25.